The Hall–Kier alpha value is -2.20. The minimum Gasteiger partial charge on any atom is -0.391 e. The molecule has 0 saturated heterocycles. The van der Waals surface area contributed by atoms with E-state index in [0.717, 1.165) is 15.6 Å². The molecule has 0 heterocycles. The van der Waals surface area contributed by atoms with Gasteiger partial charge in [0.25, 0.3) is 0 Å². The third-order valence-corrected chi connectivity index (χ3v) is 5.26. The van der Waals surface area contributed by atoms with E-state index in [4.69, 9.17) is 0 Å². The largest absolute Gasteiger partial charge is 0.391 e. The van der Waals surface area contributed by atoms with Gasteiger partial charge in [-0.1, -0.05) is 107 Å². The van der Waals surface area contributed by atoms with Gasteiger partial charge in [0.2, 0.25) is 0 Å². The van der Waals surface area contributed by atoms with E-state index in [-0.39, 0.29) is 6.04 Å². The van der Waals surface area contributed by atoms with Crippen LogP contribution >= 0.6 is 15.9 Å². The van der Waals surface area contributed by atoms with Crippen molar-refractivity contribution in [1.29, 1.82) is 0 Å². The van der Waals surface area contributed by atoms with Gasteiger partial charge in [0.05, 0.1) is 12.1 Å². The quantitative estimate of drug-likeness (QED) is 0.522. The first-order valence-corrected chi connectivity index (χ1v) is 9.94. The van der Waals surface area contributed by atoms with Crippen LogP contribution in [0, 0.1) is 0 Å². The van der Waals surface area contributed by atoms with Crippen LogP contribution in [-0.4, -0.2) is 17.3 Å². The molecule has 0 radical (unpaired) electrons. The second-order valence-corrected chi connectivity index (χ2v) is 7.38. The first kappa shape index (κ1) is 19.6. The topological polar surface area (TPSA) is 32.3 Å². The van der Waals surface area contributed by atoms with E-state index in [1.807, 2.05) is 54.6 Å². The van der Waals surface area contributed by atoms with Crippen LogP contribution in [0.5, 0.6) is 0 Å². The average molecular weight is 422 g/mol. The molecule has 0 fully saturated rings. The molecule has 3 aromatic carbocycles. The van der Waals surface area contributed by atoms with Crippen molar-refractivity contribution in [3.63, 3.8) is 0 Å². The summed E-state index contributed by atoms with van der Waals surface area (Å²) < 4.78 is 1.07. The lowest BCUT2D eigenvalue weighted by Crippen LogP contribution is -2.39. The molecule has 0 unspecified atom stereocenters. The molecule has 0 aromatic heterocycles. The summed E-state index contributed by atoms with van der Waals surface area (Å²) in [7, 11) is 0. The van der Waals surface area contributed by atoms with E-state index < -0.39 is 6.10 Å². The molecule has 0 amide bonds. The smallest absolute Gasteiger partial charge is 0.0769 e. The first-order valence-electron chi connectivity index (χ1n) is 9.14. The number of hydrogen-bond donors (Lipinski definition) is 2. The fourth-order valence-electron chi connectivity index (χ4n) is 2.96. The molecule has 0 aliphatic rings. The van der Waals surface area contributed by atoms with Crippen molar-refractivity contribution >= 4 is 22.0 Å². The standard InChI is InChI=1S/C24H24BrNO/c25-22-14-8-7-13-21(22)18-26-23(16-15-19-9-3-1-4-10-19)24(27)17-20-11-5-2-6-12-20/h1-16,23-24,26-27H,17-18H2/b16-15+/t23-,24+/m1/s1. The zero-order valence-corrected chi connectivity index (χ0v) is 16.7. The Balaban J connectivity index is 1.73. The van der Waals surface area contributed by atoms with Crippen LogP contribution in [0.25, 0.3) is 6.08 Å². The highest BCUT2D eigenvalue weighted by Crippen LogP contribution is 2.16. The zero-order chi connectivity index (χ0) is 18.9. The van der Waals surface area contributed by atoms with Gasteiger partial charge in [0.1, 0.15) is 0 Å². The highest BCUT2D eigenvalue weighted by Gasteiger charge is 2.17. The molecule has 2 N–H and O–H groups in total. The average Bonchev–Trinajstić information content (AvgIpc) is 2.70. The van der Waals surface area contributed by atoms with Crippen LogP contribution in [-0.2, 0) is 13.0 Å². The van der Waals surface area contributed by atoms with E-state index in [9.17, 15) is 5.11 Å². The minimum atomic E-state index is -0.519. The number of hydrogen-bond acceptors (Lipinski definition) is 2. The summed E-state index contributed by atoms with van der Waals surface area (Å²) in [6.07, 6.45) is 4.20. The Labute approximate surface area is 169 Å². The summed E-state index contributed by atoms with van der Waals surface area (Å²) in [5.41, 5.74) is 3.42. The third kappa shape index (κ3) is 6.17. The van der Waals surface area contributed by atoms with Crippen LogP contribution in [0.3, 0.4) is 0 Å². The van der Waals surface area contributed by atoms with E-state index in [1.54, 1.807) is 0 Å². The normalized spacial score (nSPS) is 13.6. The van der Waals surface area contributed by atoms with Gasteiger partial charge >= 0.3 is 0 Å². The molecule has 0 bridgehead atoms. The molecule has 0 aliphatic carbocycles. The Morgan fingerprint density at radius 3 is 2.19 bits per heavy atom. The van der Waals surface area contributed by atoms with Gasteiger partial charge in [0.15, 0.2) is 0 Å². The van der Waals surface area contributed by atoms with Crippen molar-refractivity contribution < 1.29 is 5.11 Å². The Bertz CT molecular complexity index is 849. The SMILES string of the molecule is O[C@@H](Cc1ccccc1)[C@@H](/C=C/c1ccccc1)NCc1ccccc1Br. The van der Waals surface area contributed by atoms with Crippen LogP contribution in [0.4, 0.5) is 0 Å². The van der Waals surface area contributed by atoms with Crippen molar-refractivity contribution in [3.05, 3.63) is 112 Å². The van der Waals surface area contributed by atoms with Gasteiger partial charge in [-0.15, -0.1) is 0 Å². The van der Waals surface area contributed by atoms with E-state index in [2.05, 4.69) is 63.7 Å². The molecule has 0 saturated carbocycles. The van der Waals surface area contributed by atoms with Crippen LogP contribution in [0.1, 0.15) is 16.7 Å². The second-order valence-electron chi connectivity index (χ2n) is 6.52. The Morgan fingerprint density at radius 2 is 1.48 bits per heavy atom. The number of nitrogens with one attached hydrogen (secondary N) is 1. The maximum Gasteiger partial charge on any atom is 0.0769 e. The number of aliphatic hydroxyl groups is 1. The highest BCUT2D eigenvalue weighted by atomic mass is 79.9. The maximum atomic E-state index is 10.9. The Kier molecular flexibility index (Phi) is 7.40. The number of aliphatic hydroxyl groups excluding tert-OH is 1. The second kappa shape index (κ2) is 10.2. The molecule has 2 atom stereocenters. The Morgan fingerprint density at radius 1 is 0.852 bits per heavy atom. The lowest BCUT2D eigenvalue weighted by Gasteiger charge is -2.22. The van der Waals surface area contributed by atoms with E-state index in [1.165, 1.54) is 5.56 Å². The summed E-state index contributed by atoms with van der Waals surface area (Å²) in [5.74, 6) is 0. The van der Waals surface area contributed by atoms with Crippen LogP contribution < -0.4 is 5.32 Å². The van der Waals surface area contributed by atoms with Gasteiger partial charge in [-0.05, 0) is 22.8 Å². The van der Waals surface area contributed by atoms with E-state index >= 15 is 0 Å². The van der Waals surface area contributed by atoms with Crippen LogP contribution in [0.2, 0.25) is 0 Å². The van der Waals surface area contributed by atoms with Crippen molar-refractivity contribution in [2.75, 3.05) is 0 Å². The number of rotatable bonds is 8. The van der Waals surface area contributed by atoms with Crippen LogP contribution in [0.15, 0.2) is 95.5 Å². The summed E-state index contributed by atoms with van der Waals surface area (Å²) in [6, 6.07) is 28.3. The van der Waals surface area contributed by atoms with Crippen molar-refractivity contribution in [2.24, 2.45) is 0 Å². The lowest BCUT2D eigenvalue weighted by molar-refractivity contribution is 0.145. The number of halogens is 1. The highest BCUT2D eigenvalue weighted by molar-refractivity contribution is 9.10. The fourth-order valence-corrected chi connectivity index (χ4v) is 3.39. The van der Waals surface area contributed by atoms with Gasteiger partial charge < -0.3 is 10.4 Å². The predicted molar refractivity (Wildman–Crippen MR) is 116 cm³/mol. The summed E-state index contributed by atoms with van der Waals surface area (Å²) in [4.78, 5) is 0. The molecular weight excluding hydrogens is 398 g/mol. The monoisotopic (exact) mass is 421 g/mol. The molecule has 0 aliphatic heterocycles. The molecule has 3 aromatic rings. The van der Waals surface area contributed by atoms with Crippen molar-refractivity contribution in [3.8, 4) is 0 Å². The third-order valence-electron chi connectivity index (χ3n) is 4.48. The van der Waals surface area contributed by atoms with Gasteiger partial charge in [-0.3, -0.25) is 0 Å². The first-order chi connectivity index (χ1) is 13.2. The predicted octanol–water partition coefficient (Wildman–Crippen LogP) is 5.22. The molecule has 2 nitrogen and oxygen atoms in total. The lowest BCUT2D eigenvalue weighted by atomic mass is 10.0. The van der Waals surface area contributed by atoms with Gasteiger partial charge in [0, 0.05) is 17.4 Å². The van der Waals surface area contributed by atoms with Gasteiger partial charge in [-0.2, -0.15) is 0 Å². The zero-order valence-electron chi connectivity index (χ0n) is 15.1. The van der Waals surface area contributed by atoms with Crippen molar-refractivity contribution in [2.45, 2.75) is 25.1 Å². The van der Waals surface area contributed by atoms with Crippen molar-refractivity contribution in [1.82, 2.24) is 5.32 Å². The summed E-state index contributed by atoms with van der Waals surface area (Å²) in [5, 5.41) is 14.4. The maximum absolute atomic E-state index is 10.9. The summed E-state index contributed by atoms with van der Waals surface area (Å²) >= 11 is 3.59. The molecule has 138 valence electrons. The molecule has 3 heteroatoms. The molecule has 27 heavy (non-hydrogen) atoms. The fraction of sp³-hybridized carbons (Fsp3) is 0.167. The number of benzene rings is 3. The minimum absolute atomic E-state index is 0.155. The summed E-state index contributed by atoms with van der Waals surface area (Å²) in [6.45, 7) is 0.678. The van der Waals surface area contributed by atoms with Gasteiger partial charge in [-0.25, -0.2) is 0 Å². The molecule has 0 spiro atoms. The molecular formula is C24H24BrNO. The van der Waals surface area contributed by atoms with E-state index in [0.29, 0.717) is 13.0 Å². The molecule has 3 rings (SSSR count).